The van der Waals surface area contributed by atoms with E-state index in [1.807, 2.05) is 12.1 Å². The van der Waals surface area contributed by atoms with Crippen molar-refractivity contribution in [3.63, 3.8) is 0 Å². The predicted molar refractivity (Wildman–Crippen MR) is 113 cm³/mol. The minimum atomic E-state index is -4.43. The molecule has 0 amide bonds. The fourth-order valence-corrected chi connectivity index (χ4v) is 4.14. The number of benzene rings is 2. The van der Waals surface area contributed by atoms with Gasteiger partial charge in [-0.05, 0) is 50.6 Å². The van der Waals surface area contributed by atoms with Gasteiger partial charge in [0.2, 0.25) is 0 Å². The van der Waals surface area contributed by atoms with Crippen molar-refractivity contribution in [1.82, 2.24) is 0 Å². The highest BCUT2D eigenvalue weighted by Gasteiger charge is 2.33. The van der Waals surface area contributed by atoms with Crippen molar-refractivity contribution >= 4 is 33.2 Å². The number of carboxylic acid groups (broad SMARTS) is 1. The van der Waals surface area contributed by atoms with Gasteiger partial charge in [-0.25, -0.2) is 0 Å². The van der Waals surface area contributed by atoms with Gasteiger partial charge >= 0.3 is 12.1 Å². The van der Waals surface area contributed by atoms with Crippen LogP contribution in [0.4, 0.5) is 13.2 Å². The van der Waals surface area contributed by atoms with Crippen LogP contribution in [-0.4, -0.2) is 16.9 Å². The van der Waals surface area contributed by atoms with Crippen molar-refractivity contribution in [1.29, 1.82) is 0 Å². The Labute approximate surface area is 181 Å². The first kappa shape index (κ1) is 22.8. The summed E-state index contributed by atoms with van der Waals surface area (Å²) in [5.41, 5.74) is -1.48. The van der Waals surface area contributed by atoms with Crippen LogP contribution in [0.2, 0.25) is 0 Å². The lowest BCUT2D eigenvalue weighted by atomic mass is 9.87. The van der Waals surface area contributed by atoms with Crippen LogP contribution < -0.4 is 4.74 Å². The van der Waals surface area contributed by atoms with Crippen molar-refractivity contribution in [3.05, 3.63) is 64.5 Å². The topological polar surface area (TPSA) is 63.6 Å². The number of hydrogen-bond donors (Lipinski definition) is 1. The van der Waals surface area contributed by atoms with Crippen LogP contribution in [0.3, 0.4) is 0 Å². The maximum Gasteiger partial charge on any atom is 0.416 e. The zero-order valence-corrected chi connectivity index (χ0v) is 17.9. The van der Waals surface area contributed by atoms with Gasteiger partial charge < -0.3 is 9.84 Å². The Kier molecular flexibility index (Phi) is 6.14. The summed E-state index contributed by atoms with van der Waals surface area (Å²) >= 11 is 1.21. The summed E-state index contributed by atoms with van der Waals surface area (Å²) in [6.45, 7) is 4.64. The molecule has 0 spiro atoms. The molecule has 0 bridgehead atoms. The Hall–Kier alpha value is -2.87. The quantitative estimate of drug-likeness (QED) is 0.405. The van der Waals surface area contributed by atoms with E-state index in [1.54, 1.807) is 19.1 Å². The molecule has 0 fully saturated rings. The lowest BCUT2D eigenvalue weighted by Crippen LogP contribution is -2.26. The number of thiophene rings is 1. The molecule has 8 heteroatoms. The van der Waals surface area contributed by atoms with Crippen molar-refractivity contribution in [2.24, 2.45) is 5.41 Å². The SMILES string of the molecule is CC(Oc1c(C(=O)CC(C)(C)C(=O)O)sc2ccccc12)c1ccc(C(F)(F)F)cc1. The molecule has 1 N–H and O–H groups in total. The summed E-state index contributed by atoms with van der Waals surface area (Å²) < 4.78 is 45.3. The zero-order chi connectivity index (χ0) is 23.0. The maximum atomic E-state index is 13.0. The summed E-state index contributed by atoms with van der Waals surface area (Å²) in [6.07, 6.45) is -5.26. The number of alkyl halides is 3. The minimum Gasteiger partial charge on any atom is -0.484 e. The van der Waals surface area contributed by atoms with E-state index in [4.69, 9.17) is 4.74 Å². The fourth-order valence-electron chi connectivity index (χ4n) is 3.07. The Bertz CT molecular complexity index is 1110. The predicted octanol–water partition coefficient (Wildman–Crippen LogP) is 6.74. The molecule has 0 saturated heterocycles. The Morgan fingerprint density at radius 3 is 2.26 bits per heavy atom. The van der Waals surface area contributed by atoms with E-state index in [0.29, 0.717) is 21.6 Å². The molecule has 164 valence electrons. The number of carbonyl (C=O) groups is 2. The van der Waals surface area contributed by atoms with E-state index in [-0.39, 0.29) is 12.2 Å². The second-order valence-electron chi connectivity index (χ2n) is 7.93. The molecule has 0 radical (unpaired) electrons. The third kappa shape index (κ3) is 4.90. The lowest BCUT2D eigenvalue weighted by Gasteiger charge is -2.19. The second kappa shape index (κ2) is 8.34. The molecule has 3 rings (SSSR count). The summed E-state index contributed by atoms with van der Waals surface area (Å²) in [5.74, 6) is -1.12. The van der Waals surface area contributed by atoms with Crippen LogP contribution in [0.1, 0.15) is 54.1 Å². The largest absolute Gasteiger partial charge is 0.484 e. The van der Waals surface area contributed by atoms with Crippen molar-refractivity contribution in [2.45, 2.75) is 39.5 Å². The molecule has 0 aliphatic rings. The molecule has 31 heavy (non-hydrogen) atoms. The first-order valence-corrected chi connectivity index (χ1v) is 10.3. The number of Topliss-reactive ketones (excluding diaryl/α,β-unsaturated/α-hetero) is 1. The molecule has 1 aromatic heterocycles. The van der Waals surface area contributed by atoms with Crippen LogP contribution >= 0.6 is 11.3 Å². The summed E-state index contributed by atoms with van der Waals surface area (Å²) in [5, 5.41) is 10.1. The monoisotopic (exact) mass is 450 g/mol. The van der Waals surface area contributed by atoms with E-state index in [9.17, 15) is 27.9 Å². The van der Waals surface area contributed by atoms with Crippen LogP contribution in [0.5, 0.6) is 5.75 Å². The molecule has 3 aromatic rings. The van der Waals surface area contributed by atoms with Gasteiger partial charge in [0.05, 0.1) is 11.0 Å². The number of halogens is 3. The van der Waals surface area contributed by atoms with Crippen molar-refractivity contribution in [2.75, 3.05) is 0 Å². The van der Waals surface area contributed by atoms with Crippen LogP contribution in [0, 0.1) is 5.41 Å². The Balaban J connectivity index is 1.95. The molecule has 2 aromatic carbocycles. The number of fused-ring (bicyclic) bond motifs is 1. The highest BCUT2D eigenvalue weighted by atomic mass is 32.1. The van der Waals surface area contributed by atoms with Crippen LogP contribution in [0.25, 0.3) is 10.1 Å². The van der Waals surface area contributed by atoms with E-state index in [2.05, 4.69) is 0 Å². The fraction of sp³-hybridized carbons (Fsp3) is 0.304. The number of ketones is 1. The van der Waals surface area contributed by atoms with E-state index in [0.717, 1.165) is 16.8 Å². The normalized spacial score (nSPS) is 13.2. The van der Waals surface area contributed by atoms with E-state index >= 15 is 0 Å². The van der Waals surface area contributed by atoms with Gasteiger partial charge in [0, 0.05) is 16.5 Å². The first-order chi connectivity index (χ1) is 14.4. The smallest absolute Gasteiger partial charge is 0.416 e. The molecule has 4 nitrogen and oxygen atoms in total. The average Bonchev–Trinajstić information content (AvgIpc) is 3.05. The summed E-state index contributed by atoms with van der Waals surface area (Å²) in [4.78, 5) is 24.7. The van der Waals surface area contributed by atoms with Crippen molar-refractivity contribution in [3.8, 4) is 5.75 Å². The van der Waals surface area contributed by atoms with Gasteiger partial charge in [0.25, 0.3) is 0 Å². The number of rotatable bonds is 7. The maximum absolute atomic E-state index is 13.0. The molecule has 1 atom stereocenters. The average molecular weight is 450 g/mol. The van der Waals surface area contributed by atoms with Crippen molar-refractivity contribution < 1.29 is 32.6 Å². The standard InChI is InChI=1S/C23H21F3O4S/c1-13(14-8-10-15(11-9-14)23(24,25)26)30-19-16-6-4-5-7-18(16)31-20(19)17(27)12-22(2,3)21(28)29/h4-11,13H,12H2,1-3H3,(H,28,29). The second-order valence-corrected chi connectivity index (χ2v) is 8.98. The highest BCUT2D eigenvalue weighted by molar-refractivity contribution is 7.21. The first-order valence-electron chi connectivity index (χ1n) is 9.52. The van der Waals surface area contributed by atoms with Gasteiger partial charge in [0.15, 0.2) is 5.78 Å². The molecule has 1 heterocycles. The number of carbonyl (C=O) groups excluding carboxylic acids is 1. The molecule has 1 unspecified atom stereocenters. The molecular weight excluding hydrogens is 429 g/mol. The number of hydrogen-bond acceptors (Lipinski definition) is 4. The van der Waals surface area contributed by atoms with Gasteiger partial charge in [-0.3, -0.25) is 9.59 Å². The van der Waals surface area contributed by atoms with E-state index in [1.165, 1.54) is 37.3 Å². The zero-order valence-electron chi connectivity index (χ0n) is 17.1. The van der Waals surface area contributed by atoms with Crippen LogP contribution in [-0.2, 0) is 11.0 Å². The summed E-state index contributed by atoms with van der Waals surface area (Å²) in [7, 11) is 0. The third-order valence-electron chi connectivity index (χ3n) is 4.99. The highest BCUT2D eigenvalue weighted by Crippen LogP contribution is 2.42. The number of aliphatic carboxylic acids is 1. The van der Waals surface area contributed by atoms with Gasteiger partial charge in [-0.1, -0.05) is 24.3 Å². The Morgan fingerprint density at radius 1 is 1.06 bits per heavy atom. The molecular formula is C23H21F3O4S. The van der Waals surface area contributed by atoms with Crippen LogP contribution in [0.15, 0.2) is 48.5 Å². The van der Waals surface area contributed by atoms with E-state index < -0.39 is 29.2 Å². The molecule has 0 saturated carbocycles. The molecule has 0 aliphatic heterocycles. The third-order valence-corrected chi connectivity index (χ3v) is 6.18. The van der Waals surface area contributed by atoms with Gasteiger partial charge in [0.1, 0.15) is 16.7 Å². The lowest BCUT2D eigenvalue weighted by molar-refractivity contribution is -0.146. The van der Waals surface area contributed by atoms with Gasteiger partial charge in [-0.2, -0.15) is 13.2 Å². The Morgan fingerprint density at radius 2 is 1.68 bits per heavy atom. The van der Waals surface area contributed by atoms with Gasteiger partial charge in [-0.15, -0.1) is 11.3 Å². The number of carboxylic acids is 1. The minimum absolute atomic E-state index is 0.208. The summed E-state index contributed by atoms with van der Waals surface area (Å²) in [6, 6.07) is 11.9. The molecule has 0 aliphatic carbocycles. The number of ether oxygens (including phenoxy) is 1.